The van der Waals surface area contributed by atoms with E-state index in [0.717, 1.165) is 0 Å². The van der Waals surface area contributed by atoms with Crippen LogP contribution in [0.2, 0.25) is 0 Å². The largest absolute Gasteiger partial charge is 0.456 e. The van der Waals surface area contributed by atoms with Gasteiger partial charge < -0.3 is 35.4 Å². The topological polar surface area (TPSA) is 165 Å². The molecular formula is C29H44O9. The van der Waals surface area contributed by atoms with Crippen LogP contribution in [0.1, 0.15) is 86.0 Å². The van der Waals surface area contributed by atoms with Crippen molar-refractivity contribution >= 4 is 11.8 Å². The Labute approximate surface area is 223 Å². The molecule has 1 saturated heterocycles. The second kappa shape index (κ2) is 8.33. The molecule has 0 aromatic rings. The second-order valence-electron chi connectivity index (χ2n) is 14.2. The summed E-state index contributed by atoms with van der Waals surface area (Å²) >= 11 is 0. The Morgan fingerprint density at radius 2 is 1.71 bits per heavy atom. The van der Waals surface area contributed by atoms with Crippen LogP contribution in [0.15, 0.2) is 11.6 Å². The third-order valence-electron chi connectivity index (χ3n) is 12.0. The molecule has 3 saturated carbocycles. The fraction of sp³-hybridized carbons (Fsp3) is 0.862. The lowest BCUT2D eigenvalue weighted by atomic mass is 9.45. The number of hydrogen-bond acceptors (Lipinski definition) is 9. The first-order chi connectivity index (χ1) is 17.3. The molecule has 4 fully saturated rings. The highest BCUT2D eigenvalue weighted by molar-refractivity contribution is 5.95. The number of cyclic esters (lactones) is 1. The molecule has 9 heteroatoms. The number of fused-ring (bicyclic) bond motifs is 5. The fourth-order valence-corrected chi connectivity index (χ4v) is 9.25. The highest BCUT2D eigenvalue weighted by Gasteiger charge is 2.69. The van der Waals surface area contributed by atoms with Crippen molar-refractivity contribution in [2.24, 2.45) is 28.6 Å². The summed E-state index contributed by atoms with van der Waals surface area (Å²) in [5.41, 5.74) is -6.80. The van der Waals surface area contributed by atoms with Crippen molar-refractivity contribution in [3.63, 3.8) is 0 Å². The van der Waals surface area contributed by atoms with E-state index in [1.54, 1.807) is 19.9 Å². The number of allylic oxidation sites excluding steroid dienone is 1. The average Bonchev–Trinajstić information content (AvgIpc) is 3.18. The van der Waals surface area contributed by atoms with E-state index in [9.17, 15) is 40.2 Å². The second-order valence-corrected chi connectivity index (χ2v) is 14.2. The maximum Gasteiger partial charge on any atom is 0.309 e. The van der Waals surface area contributed by atoms with Crippen LogP contribution in [0.5, 0.6) is 0 Å². The molecule has 38 heavy (non-hydrogen) atoms. The average molecular weight is 537 g/mol. The zero-order chi connectivity index (χ0) is 28.3. The number of aliphatic hydroxyl groups excluding tert-OH is 3. The summed E-state index contributed by atoms with van der Waals surface area (Å²) in [5, 5.41) is 67.5. The van der Waals surface area contributed by atoms with Gasteiger partial charge in [0.05, 0.1) is 35.9 Å². The lowest BCUT2D eigenvalue weighted by molar-refractivity contribution is -0.192. The zero-order valence-electron chi connectivity index (χ0n) is 23.1. The summed E-state index contributed by atoms with van der Waals surface area (Å²) in [6.45, 7) is 8.57. The highest BCUT2D eigenvalue weighted by Crippen LogP contribution is 2.68. The molecular weight excluding hydrogens is 492 g/mol. The number of aliphatic hydroxyl groups is 6. The van der Waals surface area contributed by atoms with Crippen LogP contribution < -0.4 is 0 Å². The summed E-state index contributed by atoms with van der Waals surface area (Å²) in [7, 11) is 0. The van der Waals surface area contributed by atoms with Crippen LogP contribution in [0.25, 0.3) is 0 Å². The van der Waals surface area contributed by atoms with E-state index < -0.39 is 69.4 Å². The minimum Gasteiger partial charge on any atom is -0.456 e. The third kappa shape index (κ3) is 3.58. The molecule has 1 aliphatic heterocycles. The standard InChI is InChI=1S/C29H44O9/c1-24(2)28(36,14-23(34)38-24)13-22(33)27(5,35)21-7-9-29(37)16-10-18(30)17-11-19(31)20(32)12-25(17,3)15(16)6-8-26(21,29)4/h10,15,17,19-22,31-33,35-37H,6-9,11-14H2,1-5H3/t15?,17?,19-,20+,21+,22-,25-,26-,27+,28?,29-/m1/s1. The molecule has 0 radical (unpaired) electrons. The van der Waals surface area contributed by atoms with Gasteiger partial charge in [0.1, 0.15) is 11.2 Å². The van der Waals surface area contributed by atoms with E-state index in [0.29, 0.717) is 31.3 Å². The van der Waals surface area contributed by atoms with E-state index in [1.165, 1.54) is 6.92 Å². The Kier molecular flexibility index (Phi) is 6.18. The van der Waals surface area contributed by atoms with Crippen LogP contribution in [0.4, 0.5) is 0 Å². The predicted octanol–water partition coefficient (Wildman–Crippen LogP) is 1.15. The van der Waals surface area contributed by atoms with Gasteiger partial charge in [0, 0.05) is 17.8 Å². The third-order valence-corrected chi connectivity index (χ3v) is 12.0. The van der Waals surface area contributed by atoms with Gasteiger partial charge in [-0.3, -0.25) is 9.59 Å². The maximum atomic E-state index is 13.3. The predicted molar refractivity (Wildman–Crippen MR) is 135 cm³/mol. The summed E-state index contributed by atoms with van der Waals surface area (Å²) in [5.74, 6) is -1.84. The van der Waals surface area contributed by atoms with E-state index in [4.69, 9.17) is 4.74 Å². The molecule has 0 aromatic carbocycles. The number of esters is 1. The van der Waals surface area contributed by atoms with Crippen molar-refractivity contribution in [1.29, 1.82) is 0 Å². The quantitative estimate of drug-likeness (QED) is 0.289. The van der Waals surface area contributed by atoms with Gasteiger partial charge in [-0.25, -0.2) is 0 Å². The van der Waals surface area contributed by atoms with Crippen molar-refractivity contribution in [2.75, 3.05) is 0 Å². The molecule has 6 N–H and O–H groups in total. The van der Waals surface area contributed by atoms with E-state index in [-0.39, 0.29) is 37.4 Å². The van der Waals surface area contributed by atoms with Gasteiger partial charge in [-0.15, -0.1) is 0 Å². The summed E-state index contributed by atoms with van der Waals surface area (Å²) in [6.07, 6.45) is 0.0582. The number of rotatable bonds is 4. The molecule has 4 aliphatic carbocycles. The molecule has 0 aromatic heterocycles. The Morgan fingerprint density at radius 3 is 2.32 bits per heavy atom. The molecule has 3 unspecified atom stereocenters. The summed E-state index contributed by atoms with van der Waals surface area (Å²) in [6, 6.07) is 0. The minimum atomic E-state index is -1.71. The number of carbonyl (C=O) groups excluding carboxylic acids is 2. The molecule has 5 rings (SSSR count). The Bertz CT molecular complexity index is 1070. The Hall–Kier alpha value is -1.36. The number of carbonyl (C=O) groups is 2. The van der Waals surface area contributed by atoms with E-state index >= 15 is 0 Å². The first kappa shape index (κ1) is 28.2. The van der Waals surface area contributed by atoms with Gasteiger partial charge in [0.15, 0.2) is 5.78 Å². The van der Waals surface area contributed by atoms with Crippen LogP contribution in [0, 0.1) is 28.6 Å². The smallest absolute Gasteiger partial charge is 0.309 e. The van der Waals surface area contributed by atoms with Gasteiger partial charge in [0.25, 0.3) is 0 Å². The molecule has 5 aliphatic rings. The van der Waals surface area contributed by atoms with Gasteiger partial charge in [0.2, 0.25) is 0 Å². The number of ketones is 1. The SMILES string of the molecule is CC1(C)OC(=O)CC1(O)C[C@@H](O)[C@@](C)(O)[C@H]1CC[C@@]2(O)C3=CC(=O)C4C[C@@H](O)[C@@H](O)C[C@]4(C)C3CC[C@]12C. The normalized spacial score (nSPS) is 50.3. The van der Waals surface area contributed by atoms with Gasteiger partial charge in [-0.1, -0.05) is 13.8 Å². The van der Waals surface area contributed by atoms with Gasteiger partial charge in [-0.05, 0) is 88.2 Å². The lowest BCUT2D eigenvalue weighted by Crippen LogP contribution is -2.63. The van der Waals surface area contributed by atoms with E-state index in [1.807, 2.05) is 13.8 Å². The first-order valence-corrected chi connectivity index (χ1v) is 14.0. The van der Waals surface area contributed by atoms with Crippen molar-refractivity contribution in [3.05, 3.63) is 11.6 Å². The molecule has 9 nitrogen and oxygen atoms in total. The van der Waals surface area contributed by atoms with Crippen molar-refractivity contribution < 1.29 is 45.0 Å². The lowest BCUT2D eigenvalue weighted by Gasteiger charge is -2.60. The molecule has 0 bridgehead atoms. The summed E-state index contributed by atoms with van der Waals surface area (Å²) in [4.78, 5) is 25.3. The van der Waals surface area contributed by atoms with Gasteiger partial charge in [-0.2, -0.15) is 0 Å². The summed E-state index contributed by atoms with van der Waals surface area (Å²) < 4.78 is 5.27. The Balaban J connectivity index is 1.46. The van der Waals surface area contributed by atoms with Crippen molar-refractivity contribution in [1.82, 2.24) is 0 Å². The van der Waals surface area contributed by atoms with Gasteiger partial charge >= 0.3 is 5.97 Å². The highest BCUT2D eigenvalue weighted by atomic mass is 16.6. The number of ether oxygens (including phenoxy) is 1. The molecule has 0 amide bonds. The Morgan fingerprint density at radius 1 is 1.05 bits per heavy atom. The fourth-order valence-electron chi connectivity index (χ4n) is 9.25. The maximum absolute atomic E-state index is 13.3. The minimum absolute atomic E-state index is 0.145. The van der Waals surface area contributed by atoms with Crippen LogP contribution in [-0.4, -0.2) is 83.1 Å². The van der Waals surface area contributed by atoms with Crippen molar-refractivity contribution in [2.45, 2.75) is 127 Å². The number of hydrogen-bond donors (Lipinski definition) is 6. The van der Waals surface area contributed by atoms with Crippen LogP contribution in [-0.2, 0) is 14.3 Å². The molecule has 214 valence electrons. The van der Waals surface area contributed by atoms with Crippen LogP contribution >= 0.6 is 0 Å². The zero-order valence-corrected chi connectivity index (χ0v) is 23.1. The molecule has 1 heterocycles. The monoisotopic (exact) mass is 536 g/mol. The molecule has 11 atom stereocenters. The molecule has 0 spiro atoms. The van der Waals surface area contributed by atoms with E-state index in [2.05, 4.69) is 0 Å². The van der Waals surface area contributed by atoms with Crippen LogP contribution in [0.3, 0.4) is 0 Å². The van der Waals surface area contributed by atoms with Crippen molar-refractivity contribution in [3.8, 4) is 0 Å². The first-order valence-electron chi connectivity index (χ1n) is 14.0.